The van der Waals surface area contributed by atoms with Gasteiger partial charge >= 0.3 is 16.1 Å². The van der Waals surface area contributed by atoms with Crippen LogP contribution in [0.15, 0.2) is 59.5 Å². The summed E-state index contributed by atoms with van der Waals surface area (Å²) in [5.41, 5.74) is 1.31. The average Bonchev–Trinajstić information content (AvgIpc) is 2.97. The average molecular weight is 478 g/mol. The lowest BCUT2D eigenvalue weighted by atomic mass is 10.2. The van der Waals surface area contributed by atoms with Crippen LogP contribution in [0.4, 0.5) is 0 Å². The van der Waals surface area contributed by atoms with Crippen LogP contribution in [-0.4, -0.2) is 41.2 Å². The molecule has 162 valence electrons. The Labute approximate surface area is 189 Å². The zero-order valence-electron chi connectivity index (χ0n) is 16.3. The number of thioether (sulfide) groups is 1. The van der Waals surface area contributed by atoms with E-state index in [-0.39, 0.29) is 30.4 Å². The highest BCUT2D eigenvalue weighted by Gasteiger charge is 2.31. The van der Waals surface area contributed by atoms with Crippen LogP contribution in [0.2, 0.25) is 0 Å². The fraction of sp³-hybridized carbons (Fsp3) is 0.190. The van der Waals surface area contributed by atoms with E-state index in [1.165, 1.54) is 17.0 Å². The largest absolute Gasteiger partial charge is 0.481 e. The molecule has 0 atom stereocenters. The Balaban J connectivity index is 1.63. The second-order valence-corrected chi connectivity index (χ2v) is 9.92. The van der Waals surface area contributed by atoms with Crippen molar-refractivity contribution in [3.8, 4) is 5.75 Å². The lowest BCUT2D eigenvalue weighted by Gasteiger charge is -2.13. The third-order valence-electron chi connectivity index (χ3n) is 4.23. The van der Waals surface area contributed by atoms with Crippen molar-refractivity contribution in [1.82, 2.24) is 4.90 Å². The summed E-state index contributed by atoms with van der Waals surface area (Å²) in [6.07, 6.45) is 1.93. The first-order valence-electron chi connectivity index (χ1n) is 9.27. The van der Waals surface area contributed by atoms with Gasteiger partial charge in [0.2, 0.25) is 0 Å². The Morgan fingerprint density at radius 3 is 2.45 bits per heavy atom. The van der Waals surface area contributed by atoms with Gasteiger partial charge in [-0.25, -0.2) is 0 Å². The second kappa shape index (κ2) is 10.1. The maximum absolute atomic E-state index is 12.5. The predicted molar refractivity (Wildman–Crippen MR) is 123 cm³/mol. The van der Waals surface area contributed by atoms with Gasteiger partial charge in [-0.3, -0.25) is 14.5 Å². The van der Waals surface area contributed by atoms with Crippen molar-refractivity contribution in [1.29, 1.82) is 0 Å². The first kappa shape index (κ1) is 23.0. The van der Waals surface area contributed by atoms with Crippen LogP contribution in [-0.2, 0) is 25.5 Å². The summed E-state index contributed by atoms with van der Waals surface area (Å²) in [7, 11) is -3.80. The van der Waals surface area contributed by atoms with Crippen molar-refractivity contribution in [3.05, 3.63) is 70.6 Å². The van der Waals surface area contributed by atoms with Gasteiger partial charge in [-0.1, -0.05) is 66.4 Å². The van der Waals surface area contributed by atoms with Crippen LogP contribution in [0, 0.1) is 0 Å². The molecule has 0 radical (unpaired) electrons. The van der Waals surface area contributed by atoms with E-state index in [0.717, 1.165) is 11.8 Å². The van der Waals surface area contributed by atoms with Gasteiger partial charge in [0.15, 0.2) is 0 Å². The lowest BCUT2D eigenvalue weighted by molar-refractivity contribution is -0.137. The van der Waals surface area contributed by atoms with Crippen molar-refractivity contribution in [3.63, 3.8) is 0 Å². The van der Waals surface area contributed by atoms with E-state index in [2.05, 4.69) is 0 Å². The number of carbonyl (C=O) groups excluding carboxylic acids is 1. The molecule has 1 amide bonds. The van der Waals surface area contributed by atoms with Crippen LogP contribution in [0.25, 0.3) is 6.08 Å². The van der Waals surface area contributed by atoms with Crippen LogP contribution in [0.3, 0.4) is 0 Å². The number of hydrogen-bond donors (Lipinski definition) is 1. The zero-order valence-corrected chi connectivity index (χ0v) is 18.7. The van der Waals surface area contributed by atoms with Gasteiger partial charge < -0.3 is 9.29 Å². The smallest absolute Gasteiger partial charge is 0.313 e. The number of rotatable bonds is 9. The summed E-state index contributed by atoms with van der Waals surface area (Å²) in [5, 5.41) is 8.73. The van der Waals surface area contributed by atoms with Gasteiger partial charge in [-0.15, -0.1) is 0 Å². The number of amides is 1. The summed E-state index contributed by atoms with van der Waals surface area (Å²) < 4.78 is 30.0. The van der Waals surface area contributed by atoms with E-state index >= 15 is 0 Å². The zero-order chi connectivity index (χ0) is 22.4. The number of aliphatic carboxylic acids is 1. The van der Waals surface area contributed by atoms with Crippen LogP contribution in [0.1, 0.15) is 24.0 Å². The topological polar surface area (TPSA) is 101 Å². The van der Waals surface area contributed by atoms with E-state index in [9.17, 15) is 18.0 Å². The van der Waals surface area contributed by atoms with E-state index in [0.29, 0.717) is 26.8 Å². The minimum absolute atomic E-state index is 0.0370. The molecule has 2 aromatic carbocycles. The number of thiocarbonyl (C=S) groups is 1. The molecule has 1 aliphatic heterocycles. The van der Waals surface area contributed by atoms with Crippen molar-refractivity contribution in [2.24, 2.45) is 0 Å². The second-order valence-electron chi connectivity index (χ2n) is 6.67. The Morgan fingerprint density at radius 1 is 1.13 bits per heavy atom. The minimum Gasteiger partial charge on any atom is -0.481 e. The number of hydrogen-bond acceptors (Lipinski definition) is 7. The van der Waals surface area contributed by atoms with Gasteiger partial charge in [0.1, 0.15) is 15.8 Å². The molecule has 1 N–H and O–H groups in total. The monoisotopic (exact) mass is 477 g/mol. The first-order valence-corrected chi connectivity index (χ1v) is 12.1. The summed E-state index contributed by atoms with van der Waals surface area (Å²) in [6.45, 7) is 0.250. The highest BCUT2D eigenvalue weighted by molar-refractivity contribution is 8.26. The van der Waals surface area contributed by atoms with Gasteiger partial charge in [0.25, 0.3) is 5.91 Å². The molecule has 1 heterocycles. The van der Waals surface area contributed by atoms with Crippen LogP contribution < -0.4 is 4.18 Å². The maximum Gasteiger partial charge on any atom is 0.313 e. The molecule has 1 saturated heterocycles. The van der Waals surface area contributed by atoms with E-state index in [1.54, 1.807) is 48.5 Å². The molecule has 0 spiro atoms. The molecular weight excluding hydrogens is 458 g/mol. The SMILES string of the molecule is O=C(O)CCCN1C(=O)C(=Cc2ccc(OS(=O)(=O)Cc3ccccc3)cc2)SC1=S. The molecule has 1 aliphatic rings. The summed E-state index contributed by atoms with van der Waals surface area (Å²) >= 11 is 6.36. The fourth-order valence-corrected chi connectivity index (χ4v) is 5.18. The molecule has 2 aromatic rings. The third-order valence-corrected chi connectivity index (χ3v) is 6.74. The van der Waals surface area contributed by atoms with Gasteiger partial charge in [-0.2, -0.15) is 8.42 Å². The number of carboxylic acids is 1. The number of carbonyl (C=O) groups is 2. The molecule has 31 heavy (non-hydrogen) atoms. The molecule has 0 aromatic heterocycles. The van der Waals surface area contributed by atoms with Crippen LogP contribution in [0.5, 0.6) is 5.75 Å². The third kappa shape index (κ3) is 6.65. The predicted octanol–water partition coefficient (Wildman–Crippen LogP) is 3.66. The standard InChI is InChI=1S/C21H19NO6S3/c23-19(24)7-4-12-22-20(25)18(30-21(22)29)13-15-8-10-17(11-9-15)28-31(26,27)14-16-5-2-1-3-6-16/h1-3,5-6,8-11,13H,4,7,12,14H2,(H,23,24). The highest BCUT2D eigenvalue weighted by atomic mass is 32.2. The summed E-state index contributed by atoms with van der Waals surface area (Å²) in [4.78, 5) is 25.0. The quantitative estimate of drug-likeness (QED) is 0.332. The Kier molecular flexibility index (Phi) is 7.47. The molecule has 0 aliphatic carbocycles. The molecular formula is C21H19NO6S3. The van der Waals surface area contributed by atoms with E-state index in [1.807, 2.05) is 0 Å². The van der Waals surface area contributed by atoms with Crippen molar-refractivity contribution in [2.75, 3.05) is 6.54 Å². The molecule has 1 fully saturated rings. The van der Waals surface area contributed by atoms with E-state index < -0.39 is 16.1 Å². The molecule has 0 unspecified atom stereocenters. The van der Waals surface area contributed by atoms with Gasteiger partial charge in [-0.05, 0) is 35.8 Å². The van der Waals surface area contributed by atoms with Crippen LogP contribution >= 0.6 is 24.0 Å². The summed E-state index contributed by atoms with van der Waals surface area (Å²) in [5.74, 6) is -1.26. The van der Waals surface area contributed by atoms with Gasteiger partial charge in [0.05, 0.1) is 4.91 Å². The Hall–Kier alpha value is -2.69. The molecule has 3 rings (SSSR count). The first-order chi connectivity index (χ1) is 14.7. The van der Waals surface area contributed by atoms with Crippen molar-refractivity contribution in [2.45, 2.75) is 18.6 Å². The van der Waals surface area contributed by atoms with Crippen molar-refractivity contribution < 1.29 is 27.3 Å². The fourth-order valence-electron chi connectivity index (χ4n) is 2.81. The normalized spacial score (nSPS) is 15.5. The minimum atomic E-state index is -3.80. The highest BCUT2D eigenvalue weighted by Crippen LogP contribution is 2.33. The Bertz CT molecular complexity index is 1110. The van der Waals surface area contributed by atoms with Crippen molar-refractivity contribution >= 4 is 56.4 Å². The van der Waals surface area contributed by atoms with E-state index in [4.69, 9.17) is 21.5 Å². The number of nitrogens with zero attached hydrogens (tertiary/aromatic N) is 1. The molecule has 0 saturated carbocycles. The molecule has 10 heteroatoms. The Morgan fingerprint density at radius 2 is 1.81 bits per heavy atom. The number of carboxylic acid groups (broad SMARTS) is 1. The lowest BCUT2D eigenvalue weighted by Crippen LogP contribution is -2.29. The molecule has 7 nitrogen and oxygen atoms in total. The number of benzene rings is 2. The van der Waals surface area contributed by atoms with Gasteiger partial charge in [0, 0.05) is 13.0 Å². The molecule has 0 bridgehead atoms. The summed E-state index contributed by atoms with van der Waals surface area (Å²) in [6, 6.07) is 15.1. The maximum atomic E-state index is 12.5.